The van der Waals surface area contributed by atoms with Crippen molar-refractivity contribution in [1.82, 2.24) is 0 Å². The number of benzene rings is 1. The highest BCUT2D eigenvalue weighted by Gasteiger charge is 2.47. The smallest absolute Gasteiger partial charge is 0.283 e. The third kappa shape index (κ3) is 2.72. The van der Waals surface area contributed by atoms with Crippen LogP contribution in [0.4, 0.5) is 0 Å². The lowest BCUT2D eigenvalue weighted by Crippen LogP contribution is -2.46. The van der Waals surface area contributed by atoms with Crippen LogP contribution in [-0.2, 0) is 11.2 Å². The van der Waals surface area contributed by atoms with Gasteiger partial charge in [0.05, 0.1) is 0 Å². The van der Waals surface area contributed by atoms with E-state index in [1.807, 2.05) is 26.0 Å². The quantitative estimate of drug-likeness (QED) is 0.686. The van der Waals surface area contributed by atoms with Crippen LogP contribution in [0.15, 0.2) is 39.4 Å². The van der Waals surface area contributed by atoms with Crippen LogP contribution in [0.5, 0.6) is 5.75 Å². The second kappa shape index (κ2) is 5.87. The lowest BCUT2D eigenvalue weighted by Gasteiger charge is -2.35. The highest BCUT2D eigenvalue weighted by Crippen LogP contribution is 2.40. The van der Waals surface area contributed by atoms with E-state index in [2.05, 4.69) is 27.8 Å². The molecular weight excluding hydrogens is 292 g/mol. The Hall–Kier alpha value is -2.63. The van der Waals surface area contributed by atoms with Gasteiger partial charge in [0.2, 0.25) is 0 Å². The van der Waals surface area contributed by atoms with Crippen LogP contribution in [0.1, 0.15) is 25.0 Å². The van der Waals surface area contributed by atoms with Gasteiger partial charge in [-0.05, 0) is 31.7 Å². The first-order valence-corrected chi connectivity index (χ1v) is 7.47. The number of allylic oxidation sites excluding steroid dienone is 1. The van der Waals surface area contributed by atoms with Gasteiger partial charge < -0.3 is 15.2 Å². The number of aliphatic imine (C=N–C) groups is 3. The predicted molar refractivity (Wildman–Crippen MR) is 92.2 cm³/mol. The summed E-state index contributed by atoms with van der Waals surface area (Å²) >= 11 is 0. The molecule has 3 rings (SSSR count). The van der Waals surface area contributed by atoms with Crippen molar-refractivity contribution in [3.8, 4) is 5.75 Å². The second-order valence-corrected chi connectivity index (χ2v) is 5.83. The second-order valence-electron chi connectivity index (χ2n) is 5.83. The fourth-order valence-electron chi connectivity index (χ4n) is 3.01. The largest absolute Gasteiger partial charge is 0.490 e. The topological polar surface area (TPSA) is 81.6 Å². The Balaban J connectivity index is 1.95. The molecule has 0 aromatic heterocycles. The van der Waals surface area contributed by atoms with Gasteiger partial charge in [0, 0.05) is 18.2 Å². The van der Waals surface area contributed by atoms with E-state index >= 15 is 0 Å². The van der Waals surface area contributed by atoms with Gasteiger partial charge in [-0.3, -0.25) is 4.99 Å². The zero-order valence-corrected chi connectivity index (χ0v) is 13.3. The third-order valence-electron chi connectivity index (χ3n) is 4.29. The van der Waals surface area contributed by atoms with Crippen LogP contribution in [0.3, 0.4) is 0 Å². The summed E-state index contributed by atoms with van der Waals surface area (Å²) in [5, 5.41) is 0. The number of rotatable bonds is 3. The molecule has 1 spiro atoms. The van der Waals surface area contributed by atoms with Gasteiger partial charge in [-0.15, -0.1) is 0 Å². The molecule has 0 bridgehead atoms. The summed E-state index contributed by atoms with van der Waals surface area (Å²) in [7, 11) is 0. The van der Waals surface area contributed by atoms with Gasteiger partial charge in [0.15, 0.2) is 0 Å². The van der Waals surface area contributed by atoms with Crippen molar-refractivity contribution in [2.75, 3.05) is 6.61 Å². The molecular formula is C17H20N4O2. The van der Waals surface area contributed by atoms with Crippen LogP contribution in [-0.4, -0.2) is 37.3 Å². The number of nitrogens with zero attached hydrogens (tertiary/aromatic N) is 3. The third-order valence-corrected chi connectivity index (χ3v) is 4.29. The zero-order chi connectivity index (χ0) is 16.4. The highest BCUT2D eigenvalue weighted by atomic mass is 16.5. The van der Waals surface area contributed by atoms with Gasteiger partial charge in [-0.2, -0.15) is 0 Å². The average Bonchev–Trinajstić information content (AvgIpc) is 2.80. The number of hydrogen-bond donors (Lipinski definition) is 1. The fraction of sp³-hybridized carbons (Fsp3) is 0.353. The van der Waals surface area contributed by atoms with Crippen molar-refractivity contribution in [3.63, 3.8) is 0 Å². The molecule has 0 fully saturated rings. The summed E-state index contributed by atoms with van der Waals surface area (Å²) < 4.78 is 11.6. The average molecular weight is 312 g/mol. The molecule has 2 heterocycles. The monoisotopic (exact) mass is 312 g/mol. The number of nitrogens with two attached hydrogens (primary N) is 1. The van der Waals surface area contributed by atoms with Crippen molar-refractivity contribution < 1.29 is 9.47 Å². The predicted octanol–water partition coefficient (Wildman–Crippen LogP) is 2.18. The fourth-order valence-corrected chi connectivity index (χ4v) is 3.01. The Morgan fingerprint density at radius 1 is 1.52 bits per heavy atom. The van der Waals surface area contributed by atoms with Crippen molar-refractivity contribution in [2.45, 2.75) is 31.9 Å². The number of ether oxygens (including phenoxy) is 2. The Kier molecular flexibility index (Phi) is 3.90. The minimum absolute atomic E-state index is 0.0980. The van der Waals surface area contributed by atoms with Crippen molar-refractivity contribution in [2.24, 2.45) is 20.7 Å². The number of amidine groups is 1. The first kappa shape index (κ1) is 15.3. The van der Waals surface area contributed by atoms with Gasteiger partial charge >= 0.3 is 0 Å². The molecule has 0 amide bonds. The molecule has 6 heteroatoms. The molecule has 0 saturated carbocycles. The maximum atomic E-state index is 6.07. The normalized spacial score (nSPS) is 26.6. The van der Waals surface area contributed by atoms with Gasteiger partial charge in [0.25, 0.3) is 6.02 Å². The molecule has 1 aromatic rings. The molecule has 120 valence electrons. The molecule has 2 N–H and O–H groups in total. The standard InChI is InChI=1S/C17H20N4O2/c1-11(8-20-10-19-3)14-6-4-5-13-7-17(9-22-15(13)14)12(2)23-16(18)21-17/h4-6,8,10,12H,3,7,9H2,1-2H3,(H2,18,21). The minimum Gasteiger partial charge on any atom is -0.490 e. The molecule has 6 nitrogen and oxygen atoms in total. The first-order chi connectivity index (χ1) is 11.1. The Morgan fingerprint density at radius 3 is 3.04 bits per heavy atom. The van der Waals surface area contributed by atoms with E-state index in [1.54, 1.807) is 6.20 Å². The van der Waals surface area contributed by atoms with E-state index in [4.69, 9.17) is 15.2 Å². The SMILES string of the molecule is C=NC=NC=C(C)c1cccc2c1OCC1(C2)N=C(N)OC1C. The first-order valence-electron chi connectivity index (χ1n) is 7.47. The van der Waals surface area contributed by atoms with Crippen LogP contribution in [0.2, 0.25) is 0 Å². The molecule has 23 heavy (non-hydrogen) atoms. The Morgan fingerprint density at radius 2 is 2.35 bits per heavy atom. The maximum absolute atomic E-state index is 6.07. The lowest BCUT2D eigenvalue weighted by molar-refractivity contribution is 0.0928. The van der Waals surface area contributed by atoms with E-state index in [1.165, 1.54) is 6.34 Å². The van der Waals surface area contributed by atoms with E-state index in [0.29, 0.717) is 6.61 Å². The Bertz CT molecular complexity index is 723. The molecule has 2 atom stereocenters. The summed E-state index contributed by atoms with van der Waals surface area (Å²) in [6, 6.07) is 6.32. The molecule has 2 unspecified atom stereocenters. The molecule has 0 radical (unpaired) electrons. The van der Waals surface area contributed by atoms with Gasteiger partial charge in [-0.1, -0.05) is 18.2 Å². The lowest BCUT2D eigenvalue weighted by atomic mass is 9.84. The Labute approximate surface area is 135 Å². The summed E-state index contributed by atoms with van der Waals surface area (Å²) in [6.45, 7) is 7.78. The number of hydrogen-bond acceptors (Lipinski definition) is 5. The highest BCUT2D eigenvalue weighted by molar-refractivity contribution is 5.75. The summed E-state index contributed by atoms with van der Waals surface area (Å²) in [5.41, 5.74) is 8.41. The van der Waals surface area contributed by atoms with Crippen molar-refractivity contribution in [1.29, 1.82) is 0 Å². The maximum Gasteiger partial charge on any atom is 0.283 e. The van der Waals surface area contributed by atoms with Crippen molar-refractivity contribution in [3.05, 3.63) is 35.5 Å². The van der Waals surface area contributed by atoms with E-state index in [0.717, 1.165) is 28.9 Å². The van der Waals surface area contributed by atoms with Gasteiger partial charge in [0.1, 0.15) is 30.3 Å². The summed E-state index contributed by atoms with van der Waals surface area (Å²) in [4.78, 5) is 12.2. The zero-order valence-electron chi connectivity index (χ0n) is 13.3. The van der Waals surface area contributed by atoms with E-state index in [-0.39, 0.29) is 12.1 Å². The molecule has 2 aliphatic heterocycles. The van der Waals surface area contributed by atoms with Crippen LogP contribution in [0, 0.1) is 0 Å². The molecule has 1 aromatic carbocycles. The molecule has 0 aliphatic carbocycles. The van der Waals surface area contributed by atoms with Crippen LogP contribution < -0.4 is 10.5 Å². The molecule has 2 aliphatic rings. The van der Waals surface area contributed by atoms with E-state index < -0.39 is 5.54 Å². The minimum atomic E-state index is -0.432. The number of para-hydroxylation sites is 1. The van der Waals surface area contributed by atoms with Crippen LogP contribution in [0.25, 0.3) is 5.57 Å². The van der Waals surface area contributed by atoms with Crippen LogP contribution >= 0.6 is 0 Å². The molecule has 0 saturated heterocycles. The van der Waals surface area contributed by atoms with Gasteiger partial charge in [-0.25, -0.2) is 9.98 Å². The van der Waals surface area contributed by atoms with Crippen molar-refractivity contribution >= 4 is 24.7 Å². The summed E-state index contributed by atoms with van der Waals surface area (Å²) in [6.07, 6.45) is 3.79. The van der Waals surface area contributed by atoms with E-state index in [9.17, 15) is 0 Å². The number of fused-ring (bicyclic) bond motifs is 1. The summed E-state index contributed by atoms with van der Waals surface area (Å²) in [5.74, 6) is 0.876.